The van der Waals surface area contributed by atoms with Crippen molar-refractivity contribution in [3.63, 3.8) is 0 Å². The van der Waals surface area contributed by atoms with E-state index in [-0.39, 0.29) is 11.7 Å². The van der Waals surface area contributed by atoms with Gasteiger partial charge in [0.25, 0.3) is 5.91 Å². The number of carbonyl (C=O) groups excluding carboxylic acids is 1. The highest BCUT2D eigenvalue weighted by Crippen LogP contribution is 2.26. The van der Waals surface area contributed by atoms with E-state index >= 15 is 0 Å². The summed E-state index contributed by atoms with van der Waals surface area (Å²) in [4.78, 5) is 15.7. The summed E-state index contributed by atoms with van der Waals surface area (Å²) >= 11 is 1.35. The fraction of sp³-hybridized carbons (Fsp3) is 0. The highest BCUT2D eigenvalue weighted by molar-refractivity contribution is 7.22. The van der Waals surface area contributed by atoms with Gasteiger partial charge in [-0.15, -0.1) is 0 Å². The van der Waals surface area contributed by atoms with Crippen molar-refractivity contribution in [1.29, 1.82) is 0 Å². The molecule has 0 unspecified atom stereocenters. The number of hydrogen-bond acceptors (Lipinski definition) is 5. The molecule has 0 aromatic carbocycles. The molecule has 0 saturated heterocycles. The normalized spacial score (nSPS) is 10.8. The monoisotopic (exact) mass is 234 g/mol. The molecule has 0 bridgehead atoms. The molecule has 1 amide bonds. The Bertz CT molecular complexity index is 595. The van der Waals surface area contributed by atoms with E-state index in [1.165, 1.54) is 17.6 Å². The van der Waals surface area contributed by atoms with Crippen LogP contribution in [0.15, 0.2) is 39.6 Å². The van der Waals surface area contributed by atoms with Crippen LogP contribution in [-0.2, 0) is 0 Å². The van der Waals surface area contributed by atoms with Crippen molar-refractivity contribution in [2.24, 2.45) is 0 Å². The van der Waals surface area contributed by atoms with Gasteiger partial charge in [0.15, 0.2) is 10.9 Å². The minimum Gasteiger partial charge on any atom is -0.459 e. The molecule has 0 aliphatic carbocycles. The molecule has 1 N–H and O–H groups in total. The first kappa shape index (κ1) is 9.17. The minimum absolute atomic E-state index is 0.256. The van der Waals surface area contributed by atoms with Gasteiger partial charge >= 0.3 is 0 Å². The molecule has 0 radical (unpaired) electrons. The van der Waals surface area contributed by atoms with Crippen LogP contribution in [0.3, 0.4) is 0 Å². The zero-order valence-electron chi connectivity index (χ0n) is 7.97. The van der Waals surface area contributed by atoms with Crippen molar-refractivity contribution < 1.29 is 13.6 Å². The minimum atomic E-state index is -0.318. The van der Waals surface area contributed by atoms with E-state index in [2.05, 4.69) is 10.3 Å². The van der Waals surface area contributed by atoms with Gasteiger partial charge < -0.3 is 8.83 Å². The summed E-state index contributed by atoms with van der Waals surface area (Å²) in [6, 6.07) is 5.05. The van der Waals surface area contributed by atoms with Crippen LogP contribution in [0.2, 0.25) is 0 Å². The van der Waals surface area contributed by atoms with Crippen molar-refractivity contribution >= 4 is 32.8 Å². The highest BCUT2D eigenvalue weighted by Gasteiger charge is 2.12. The Balaban J connectivity index is 1.85. The van der Waals surface area contributed by atoms with E-state index in [0.29, 0.717) is 10.8 Å². The maximum Gasteiger partial charge on any atom is 0.293 e. The van der Waals surface area contributed by atoms with Crippen LogP contribution in [0.4, 0.5) is 5.13 Å². The van der Waals surface area contributed by atoms with Crippen LogP contribution >= 0.6 is 11.3 Å². The molecule has 6 heteroatoms. The average Bonchev–Trinajstić information content (AvgIpc) is 2.91. The summed E-state index contributed by atoms with van der Waals surface area (Å²) in [6.07, 6.45) is 3.01. The fourth-order valence-corrected chi connectivity index (χ4v) is 2.07. The number of carbonyl (C=O) groups is 1. The van der Waals surface area contributed by atoms with Crippen LogP contribution in [0, 0.1) is 0 Å². The van der Waals surface area contributed by atoms with Crippen LogP contribution < -0.4 is 5.32 Å². The number of furan rings is 2. The number of amides is 1. The molecule has 3 rings (SSSR count). The first-order chi connectivity index (χ1) is 7.83. The molecule has 80 valence electrons. The number of rotatable bonds is 2. The molecule has 0 aliphatic heterocycles. The molecular formula is C10H6N2O3S. The SMILES string of the molecule is O=C(Nc1nc2occc2s1)c1ccco1. The number of hydrogen-bond donors (Lipinski definition) is 1. The summed E-state index contributed by atoms with van der Waals surface area (Å²) in [6.45, 7) is 0. The molecule has 5 nitrogen and oxygen atoms in total. The molecule has 16 heavy (non-hydrogen) atoms. The second-order valence-electron chi connectivity index (χ2n) is 3.04. The first-order valence-electron chi connectivity index (χ1n) is 4.52. The van der Waals surface area contributed by atoms with Gasteiger partial charge in [-0.05, 0) is 18.2 Å². The second-order valence-corrected chi connectivity index (χ2v) is 4.07. The molecule has 0 fully saturated rings. The van der Waals surface area contributed by atoms with Crippen LogP contribution in [0.5, 0.6) is 0 Å². The number of anilines is 1. The second kappa shape index (κ2) is 3.49. The van der Waals surface area contributed by atoms with Gasteiger partial charge in [-0.1, -0.05) is 11.3 Å². The van der Waals surface area contributed by atoms with E-state index < -0.39 is 0 Å². The zero-order valence-corrected chi connectivity index (χ0v) is 8.78. The maximum atomic E-state index is 11.6. The van der Waals surface area contributed by atoms with E-state index in [9.17, 15) is 4.79 Å². The third-order valence-corrected chi connectivity index (χ3v) is 2.90. The van der Waals surface area contributed by atoms with Crippen LogP contribution in [0.1, 0.15) is 10.6 Å². The Morgan fingerprint density at radius 1 is 1.31 bits per heavy atom. The predicted molar refractivity (Wildman–Crippen MR) is 58.5 cm³/mol. The number of nitrogens with one attached hydrogen (secondary N) is 1. The molecule has 0 aliphatic rings. The van der Waals surface area contributed by atoms with Crippen molar-refractivity contribution in [3.05, 3.63) is 36.5 Å². The van der Waals surface area contributed by atoms with E-state index in [1.54, 1.807) is 24.5 Å². The molecule has 0 spiro atoms. The first-order valence-corrected chi connectivity index (χ1v) is 5.33. The zero-order chi connectivity index (χ0) is 11.0. The summed E-state index contributed by atoms with van der Waals surface area (Å²) in [7, 11) is 0. The topological polar surface area (TPSA) is 68.3 Å². The molecular weight excluding hydrogens is 228 g/mol. The van der Waals surface area contributed by atoms with E-state index in [0.717, 1.165) is 4.70 Å². The largest absolute Gasteiger partial charge is 0.459 e. The third-order valence-electron chi connectivity index (χ3n) is 1.99. The van der Waals surface area contributed by atoms with Gasteiger partial charge in [0.1, 0.15) is 0 Å². The standard InChI is InChI=1S/C10H6N2O3S/c13-8(6-2-1-4-14-6)11-10-12-9-7(16-10)3-5-15-9/h1-5H,(H,11,12,13). The lowest BCUT2D eigenvalue weighted by Crippen LogP contribution is -2.10. The summed E-state index contributed by atoms with van der Waals surface area (Å²) in [5.41, 5.74) is 0.528. The smallest absolute Gasteiger partial charge is 0.293 e. The fourth-order valence-electron chi connectivity index (χ4n) is 1.29. The van der Waals surface area contributed by atoms with Gasteiger partial charge in [-0.2, -0.15) is 4.98 Å². The Kier molecular flexibility index (Phi) is 2.00. The van der Waals surface area contributed by atoms with Gasteiger partial charge in [-0.25, -0.2) is 0 Å². The van der Waals surface area contributed by atoms with Gasteiger partial charge in [0, 0.05) is 0 Å². The Morgan fingerprint density at radius 2 is 2.25 bits per heavy atom. The third kappa shape index (κ3) is 1.49. The van der Waals surface area contributed by atoms with Crippen LogP contribution in [-0.4, -0.2) is 10.9 Å². The Labute approximate surface area is 93.7 Å². The summed E-state index contributed by atoms with van der Waals surface area (Å²) < 4.78 is 11.0. The molecule has 3 heterocycles. The van der Waals surface area contributed by atoms with Gasteiger partial charge in [-0.3, -0.25) is 10.1 Å². The van der Waals surface area contributed by atoms with Crippen molar-refractivity contribution in [2.75, 3.05) is 5.32 Å². The van der Waals surface area contributed by atoms with E-state index in [1.807, 2.05) is 0 Å². The molecule has 3 aromatic heterocycles. The molecule has 0 atom stereocenters. The maximum absolute atomic E-state index is 11.6. The molecule has 3 aromatic rings. The lowest BCUT2D eigenvalue weighted by molar-refractivity contribution is 0.0996. The Hall–Kier alpha value is -2.08. The van der Waals surface area contributed by atoms with Crippen LogP contribution in [0.25, 0.3) is 10.4 Å². The van der Waals surface area contributed by atoms with E-state index in [4.69, 9.17) is 8.83 Å². The summed E-state index contributed by atoms with van der Waals surface area (Å²) in [5, 5.41) is 3.13. The van der Waals surface area contributed by atoms with Gasteiger partial charge in [0.05, 0.1) is 17.2 Å². The van der Waals surface area contributed by atoms with Crippen molar-refractivity contribution in [3.8, 4) is 0 Å². The summed E-state index contributed by atoms with van der Waals surface area (Å²) in [5.74, 6) is -0.0618. The number of fused-ring (bicyclic) bond motifs is 1. The lowest BCUT2D eigenvalue weighted by atomic mass is 10.4. The Morgan fingerprint density at radius 3 is 3.00 bits per heavy atom. The number of thiazole rings is 1. The quantitative estimate of drug-likeness (QED) is 0.740. The molecule has 0 saturated carbocycles. The van der Waals surface area contributed by atoms with Crippen molar-refractivity contribution in [1.82, 2.24) is 4.98 Å². The van der Waals surface area contributed by atoms with Gasteiger partial charge in [0.2, 0.25) is 5.71 Å². The number of nitrogens with zero attached hydrogens (tertiary/aromatic N) is 1. The number of aromatic nitrogens is 1. The lowest BCUT2D eigenvalue weighted by Gasteiger charge is -1.96. The average molecular weight is 234 g/mol. The highest BCUT2D eigenvalue weighted by atomic mass is 32.1. The van der Waals surface area contributed by atoms with Crippen molar-refractivity contribution in [2.45, 2.75) is 0 Å². The predicted octanol–water partition coefficient (Wildman–Crippen LogP) is 2.73.